The second kappa shape index (κ2) is 5.43. The van der Waals surface area contributed by atoms with Crippen molar-refractivity contribution in [2.24, 2.45) is 0 Å². The van der Waals surface area contributed by atoms with Crippen LogP contribution in [0.3, 0.4) is 0 Å². The Morgan fingerprint density at radius 2 is 2.29 bits per heavy atom. The minimum Gasteiger partial charge on any atom is -0.481 e. The molecule has 2 amide bonds. The van der Waals surface area contributed by atoms with Gasteiger partial charge in [0.1, 0.15) is 0 Å². The molecule has 0 aliphatic carbocycles. The second-order valence-corrected chi connectivity index (χ2v) is 3.23. The maximum absolute atomic E-state index is 11.1. The summed E-state index contributed by atoms with van der Waals surface area (Å²) in [4.78, 5) is 21.3. The summed E-state index contributed by atoms with van der Waals surface area (Å²) in [6.07, 6.45) is 0.878. The third-order valence-corrected chi connectivity index (χ3v) is 2.02. The summed E-state index contributed by atoms with van der Waals surface area (Å²) in [6, 6.07) is -0.125. The van der Waals surface area contributed by atoms with Crippen molar-refractivity contribution in [2.45, 2.75) is 18.9 Å². The van der Waals surface area contributed by atoms with Crippen molar-refractivity contribution >= 4 is 12.0 Å². The molecule has 0 radical (unpaired) electrons. The van der Waals surface area contributed by atoms with Crippen molar-refractivity contribution in [3.8, 4) is 0 Å². The zero-order chi connectivity index (χ0) is 10.4. The minimum atomic E-state index is -0.909. The Kier molecular flexibility index (Phi) is 4.18. The molecule has 1 rings (SSSR count). The largest absolute Gasteiger partial charge is 0.481 e. The summed E-state index contributed by atoms with van der Waals surface area (Å²) in [5.41, 5.74) is 0. The van der Waals surface area contributed by atoms with E-state index in [0.717, 1.165) is 19.5 Å². The third kappa shape index (κ3) is 4.08. The lowest BCUT2D eigenvalue weighted by atomic mass is 10.3. The van der Waals surface area contributed by atoms with Gasteiger partial charge in [-0.15, -0.1) is 0 Å². The maximum Gasteiger partial charge on any atom is 0.315 e. The maximum atomic E-state index is 11.1. The van der Waals surface area contributed by atoms with Gasteiger partial charge in [0, 0.05) is 19.1 Å². The van der Waals surface area contributed by atoms with Crippen LogP contribution in [0, 0.1) is 0 Å². The van der Waals surface area contributed by atoms with Crippen molar-refractivity contribution in [2.75, 3.05) is 19.6 Å². The first-order valence-electron chi connectivity index (χ1n) is 4.65. The molecule has 0 aromatic carbocycles. The Balaban J connectivity index is 2.06. The lowest BCUT2D eigenvalue weighted by Crippen LogP contribution is -2.43. The van der Waals surface area contributed by atoms with Gasteiger partial charge in [-0.3, -0.25) is 4.79 Å². The lowest BCUT2D eigenvalue weighted by molar-refractivity contribution is -0.136. The van der Waals surface area contributed by atoms with E-state index in [2.05, 4.69) is 16.0 Å². The quantitative estimate of drug-likeness (QED) is 0.475. The van der Waals surface area contributed by atoms with E-state index in [0.29, 0.717) is 0 Å². The number of hydrogen-bond acceptors (Lipinski definition) is 3. The summed E-state index contributed by atoms with van der Waals surface area (Å²) in [5.74, 6) is -0.909. The standard InChI is InChI=1S/C8H15N3O3/c12-7(13)2-4-10-8(14)11-6-1-3-9-5-6/h6,9H,1-5H2,(H,12,13)(H2,10,11,14). The second-order valence-electron chi connectivity index (χ2n) is 3.23. The molecule has 0 bridgehead atoms. The number of nitrogens with one attached hydrogen (secondary N) is 3. The van der Waals surface area contributed by atoms with E-state index >= 15 is 0 Å². The van der Waals surface area contributed by atoms with E-state index < -0.39 is 5.97 Å². The fraction of sp³-hybridized carbons (Fsp3) is 0.750. The highest BCUT2D eigenvalue weighted by Crippen LogP contribution is 1.95. The van der Waals surface area contributed by atoms with Crippen LogP contribution in [0.5, 0.6) is 0 Å². The van der Waals surface area contributed by atoms with Gasteiger partial charge in [-0.1, -0.05) is 0 Å². The number of carboxylic acids is 1. The average molecular weight is 201 g/mol. The van der Waals surface area contributed by atoms with Crippen LogP contribution in [0.25, 0.3) is 0 Å². The Bertz CT molecular complexity index is 214. The van der Waals surface area contributed by atoms with Crippen molar-refractivity contribution < 1.29 is 14.7 Å². The van der Waals surface area contributed by atoms with Crippen molar-refractivity contribution in [1.82, 2.24) is 16.0 Å². The number of hydrogen-bond donors (Lipinski definition) is 4. The molecular formula is C8H15N3O3. The highest BCUT2D eigenvalue weighted by Gasteiger charge is 2.15. The molecule has 0 saturated carbocycles. The van der Waals surface area contributed by atoms with Crippen LogP contribution >= 0.6 is 0 Å². The first kappa shape index (κ1) is 10.8. The molecule has 0 aromatic heterocycles. The molecule has 0 spiro atoms. The molecule has 0 aromatic rings. The van der Waals surface area contributed by atoms with Crippen LogP contribution in [-0.4, -0.2) is 42.8 Å². The van der Waals surface area contributed by atoms with Crippen LogP contribution in [0.15, 0.2) is 0 Å². The van der Waals surface area contributed by atoms with Crippen molar-refractivity contribution in [1.29, 1.82) is 0 Å². The number of rotatable bonds is 4. The van der Waals surface area contributed by atoms with Gasteiger partial charge < -0.3 is 21.1 Å². The van der Waals surface area contributed by atoms with E-state index in [1.807, 2.05) is 0 Å². The molecule has 80 valence electrons. The number of carbonyl (C=O) groups excluding carboxylic acids is 1. The van der Waals surface area contributed by atoms with Crippen molar-refractivity contribution in [3.63, 3.8) is 0 Å². The molecule has 6 heteroatoms. The number of carboxylic acid groups (broad SMARTS) is 1. The monoisotopic (exact) mass is 201 g/mol. The van der Waals surface area contributed by atoms with Crippen LogP contribution in [0.2, 0.25) is 0 Å². The van der Waals surface area contributed by atoms with Crippen LogP contribution < -0.4 is 16.0 Å². The molecule has 6 nitrogen and oxygen atoms in total. The lowest BCUT2D eigenvalue weighted by Gasteiger charge is -2.11. The van der Waals surface area contributed by atoms with E-state index in [9.17, 15) is 9.59 Å². The van der Waals surface area contributed by atoms with E-state index in [4.69, 9.17) is 5.11 Å². The predicted octanol–water partition coefficient (Wildman–Crippen LogP) is -0.878. The molecular weight excluding hydrogens is 186 g/mol. The van der Waals surface area contributed by atoms with Crippen LogP contribution in [0.4, 0.5) is 4.79 Å². The number of amides is 2. The molecule has 1 heterocycles. The van der Waals surface area contributed by atoms with Gasteiger partial charge >= 0.3 is 12.0 Å². The molecule has 1 atom stereocenters. The number of aliphatic carboxylic acids is 1. The Labute approximate surface area is 82.1 Å². The SMILES string of the molecule is O=C(O)CCNC(=O)NC1CCNC1. The fourth-order valence-electron chi connectivity index (χ4n) is 1.30. The highest BCUT2D eigenvalue weighted by atomic mass is 16.4. The minimum absolute atomic E-state index is 0.0453. The van der Waals surface area contributed by atoms with Crippen LogP contribution in [0.1, 0.15) is 12.8 Å². The predicted molar refractivity (Wildman–Crippen MR) is 50.1 cm³/mol. The zero-order valence-electron chi connectivity index (χ0n) is 7.88. The molecule has 1 aliphatic heterocycles. The number of carbonyl (C=O) groups is 2. The first-order valence-corrected chi connectivity index (χ1v) is 4.65. The fourth-order valence-corrected chi connectivity index (χ4v) is 1.30. The van der Waals surface area contributed by atoms with Crippen molar-refractivity contribution in [3.05, 3.63) is 0 Å². The van der Waals surface area contributed by atoms with Gasteiger partial charge in [-0.25, -0.2) is 4.79 Å². The van der Waals surface area contributed by atoms with Gasteiger partial charge in [0.15, 0.2) is 0 Å². The van der Waals surface area contributed by atoms with Crippen LogP contribution in [-0.2, 0) is 4.79 Å². The Morgan fingerprint density at radius 1 is 1.50 bits per heavy atom. The van der Waals surface area contributed by atoms with Gasteiger partial charge in [-0.05, 0) is 13.0 Å². The Hall–Kier alpha value is -1.30. The molecule has 1 saturated heterocycles. The summed E-state index contributed by atoms with van der Waals surface area (Å²) in [5, 5.41) is 16.7. The number of urea groups is 1. The van der Waals surface area contributed by atoms with Gasteiger partial charge in [0.05, 0.1) is 6.42 Å². The smallest absolute Gasteiger partial charge is 0.315 e. The molecule has 1 fully saturated rings. The first-order chi connectivity index (χ1) is 6.68. The highest BCUT2D eigenvalue weighted by molar-refractivity contribution is 5.75. The molecule has 1 aliphatic rings. The summed E-state index contributed by atoms with van der Waals surface area (Å²) in [6.45, 7) is 1.87. The van der Waals surface area contributed by atoms with Gasteiger partial charge in [0.25, 0.3) is 0 Å². The van der Waals surface area contributed by atoms with Gasteiger partial charge in [-0.2, -0.15) is 0 Å². The Morgan fingerprint density at radius 3 is 2.86 bits per heavy atom. The molecule has 4 N–H and O–H groups in total. The summed E-state index contributed by atoms with van der Waals surface area (Å²) >= 11 is 0. The summed E-state index contributed by atoms with van der Waals surface area (Å²) < 4.78 is 0. The average Bonchev–Trinajstić information content (AvgIpc) is 2.56. The molecule has 14 heavy (non-hydrogen) atoms. The topological polar surface area (TPSA) is 90.5 Å². The third-order valence-electron chi connectivity index (χ3n) is 2.02. The normalized spacial score (nSPS) is 20.4. The zero-order valence-corrected chi connectivity index (χ0v) is 7.88. The molecule has 1 unspecified atom stereocenters. The van der Waals surface area contributed by atoms with Gasteiger partial charge in [0.2, 0.25) is 0 Å². The van der Waals surface area contributed by atoms with E-state index in [1.54, 1.807) is 0 Å². The van der Waals surface area contributed by atoms with E-state index in [1.165, 1.54) is 0 Å². The van der Waals surface area contributed by atoms with E-state index in [-0.39, 0.29) is 25.0 Å². The summed E-state index contributed by atoms with van der Waals surface area (Å²) in [7, 11) is 0.